The first kappa shape index (κ1) is 16.2. The van der Waals surface area contributed by atoms with Crippen molar-refractivity contribution in [2.75, 3.05) is 18.4 Å². The molecule has 0 radical (unpaired) electrons. The number of likely N-dealkylation sites (tertiary alicyclic amines) is 1. The maximum absolute atomic E-state index is 12.4. The largest absolute Gasteiger partial charge is 0.393 e. The van der Waals surface area contributed by atoms with E-state index < -0.39 is 4.92 Å². The first-order valence-electron chi connectivity index (χ1n) is 7.30. The van der Waals surface area contributed by atoms with Crippen LogP contribution in [-0.2, 0) is 0 Å². The van der Waals surface area contributed by atoms with Gasteiger partial charge in [-0.25, -0.2) is 4.79 Å². The third-order valence-electron chi connectivity index (χ3n) is 4.22. The number of anilines is 1. The molecular formula is C15H21N3O4. The molecule has 1 aliphatic heterocycles. The Kier molecular flexibility index (Phi) is 4.65. The van der Waals surface area contributed by atoms with E-state index in [1.54, 1.807) is 24.8 Å². The van der Waals surface area contributed by atoms with Crippen LogP contribution in [-0.4, -0.2) is 40.2 Å². The van der Waals surface area contributed by atoms with Gasteiger partial charge in [0.1, 0.15) is 0 Å². The molecular weight excluding hydrogens is 286 g/mol. The quantitative estimate of drug-likeness (QED) is 0.648. The molecule has 1 heterocycles. The van der Waals surface area contributed by atoms with E-state index in [0.717, 1.165) is 5.56 Å². The minimum atomic E-state index is -0.455. The number of amides is 2. The Morgan fingerprint density at radius 3 is 2.73 bits per heavy atom. The van der Waals surface area contributed by atoms with Gasteiger partial charge in [-0.1, -0.05) is 13.0 Å². The van der Waals surface area contributed by atoms with Crippen molar-refractivity contribution in [3.63, 3.8) is 0 Å². The molecule has 0 aliphatic carbocycles. The second kappa shape index (κ2) is 6.31. The smallest absolute Gasteiger partial charge is 0.321 e. The zero-order valence-electron chi connectivity index (χ0n) is 13.0. The van der Waals surface area contributed by atoms with Gasteiger partial charge in [0.2, 0.25) is 0 Å². The number of nitrogens with one attached hydrogen (secondary N) is 1. The number of piperidine rings is 1. The summed E-state index contributed by atoms with van der Waals surface area (Å²) in [7, 11) is 0. The zero-order chi connectivity index (χ0) is 16.4. The highest BCUT2D eigenvalue weighted by atomic mass is 16.6. The number of hydrogen-bond acceptors (Lipinski definition) is 4. The summed E-state index contributed by atoms with van der Waals surface area (Å²) in [5, 5.41) is 23.5. The lowest BCUT2D eigenvalue weighted by Crippen LogP contribution is -2.46. The first-order valence-corrected chi connectivity index (χ1v) is 7.30. The normalized spacial score (nSPS) is 21.5. The van der Waals surface area contributed by atoms with Gasteiger partial charge in [0.05, 0.1) is 22.3 Å². The third kappa shape index (κ3) is 3.19. The Morgan fingerprint density at radius 2 is 2.14 bits per heavy atom. The SMILES string of the molecule is Cc1ccc([N+](=O)[O-])c(C)c1NC(=O)N1CCC(O)C(C)C1. The van der Waals surface area contributed by atoms with Crippen LogP contribution in [0.15, 0.2) is 12.1 Å². The molecule has 1 saturated heterocycles. The molecule has 1 aromatic rings. The van der Waals surface area contributed by atoms with E-state index in [0.29, 0.717) is 30.8 Å². The number of benzene rings is 1. The Bertz CT molecular complexity index is 603. The van der Waals surface area contributed by atoms with Gasteiger partial charge >= 0.3 is 6.03 Å². The number of nitrogens with zero attached hydrogens (tertiary/aromatic N) is 2. The molecule has 1 aromatic carbocycles. The number of aliphatic hydroxyl groups is 1. The van der Waals surface area contributed by atoms with Crippen LogP contribution in [0.5, 0.6) is 0 Å². The molecule has 120 valence electrons. The van der Waals surface area contributed by atoms with Crippen molar-refractivity contribution in [3.8, 4) is 0 Å². The Labute approximate surface area is 129 Å². The maximum atomic E-state index is 12.4. The summed E-state index contributed by atoms with van der Waals surface area (Å²) < 4.78 is 0. The standard InChI is InChI=1S/C15H21N3O4/c1-9-4-5-12(18(21)22)11(3)14(9)16-15(20)17-7-6-13(19)10(2)8-17/h4-5,10,13,19H,6-8H2,1-3H3,(H,16,20). The highest BCUT2D eigenvalue weighted by Crippen LogP contribution is 2.29. The van der Waals surface area contributed by atoms with Crippen LogP contribution in [0.3, 0.4) is 0 Å². The lowest BCUT2D eigenvalue weighted by Gasteiger charge is -2.34. The van der Waals surface area contributed by atoms with Crippen LogP contribution in [0.25, 0.3) is 0 Å². The summed E-state index contributed by atoms with van der Waals surface area (Å²) in [6.07, 6.45) is 0.159. The van der Waals surface area contributed by atoms with Crippen LogP contribution in [0, 0.1) is 29.9 Å². The van der Waals surface area contributed by atoms with Crippen LogP contribution < -0.4 is 5.32 Å². The van der Waals surface area contributed by atoms with Crippen molar-refractivity contribution in [2.24, 2.45) is 5.92 Å². The van der Waals surface area contributed by atoms with E-state index in [-0.39, 0.29) is 23.7 Å². The van der Waals surface area contributed by atoms with Crippen LogP contribution in [0.1, 0.15) is 24.5 Å². The van der Waals surface area contributed by atoms with Gasteiger partial charge in [0.25, 0.3) is 5.69 Å². The molecule has 0 saturated carbocycles. The minimum Gasteiger partial charge on any atom is -0.393 e. The van der Waals surface area contributed by atoms with Crippen molar-refractivity contribution in [1.29, 1.82) is 0 Å². The number of nitro groups is 1. The molecule has 1 fully saturated rings. The van der Waals surface area contributed by atoms with Gasteiger partial charge in [0, 0.05) is 19.2 Å². The number of aliphatic hydroxyl groups excluding tert-OH is 1. The van der Waals surface area contributed by atoms with Gasteiger partial charge in [-0.3, -0.25) is 10.1 Å². The van der Waals surface area contributed by atoms with Crippen molar-refractivity contribution in [3.05, 3.63) is 33.4 Å². The number of nitro benzene ring substituents is 1. The van der Waals surface area contributed by atoms with E-state index in [4.69, 9.17) is 0 Å². The molecule has 0 bridgehead atoms. The molecule has 7 heteroatoms. The van der Waals surface area contributed by atoms with Gasteiger partial charge in [-0.05, 0) is 31.7 Å². The van der Waals surface area contributed by atoms with Gasteiger partial charge < -0.3 is 15.3 Å². The lowest BCUT2D eigenvalue weighted by atomic mass is 9.97. The molecule has 2 atom stereocenters. The van der Waals surface area contributed by atoms with Gasteiger partial charge in [-0.15, -0.1) is 0 Å². The fraction of sp³-hybridized carbons (Fsp3) is 0.533. The Morgan fingerprint density at radius 1 is 1.45 bits per heavy atom. The molecule has 2 amide bonds. The number of hydrogen-bond donors (Lipinski definition) is 2. The molecule has 0 spiro atoms. The summed E-state index contributed by atoms with van der Waals surface area (Å²) in [6.45, 7) is 6.27. The van der Waals surface area contributed by atoms with Gasteiger partial charge in [0.15, 0.2) is 0 Å². The van der Waals surface area contributed by atoms with E-state index in [1.807, 2.05) is 6.92 Å². The number of carbonyl (C=O) groups excluding carboxylic acids is 1. The molecule has 2 rings (SSSR count). The van der Waals surface area contributed by atoms with Crippen molar-refractivity contribution < 1.29 is 14.8 Å². The second-order valence-electron chi connectivity index (χ2n) is 5.87. The van der Waals surface area contributed by atoms with E-state index in [1.165, 1.54) is 6.07 Å². The lowest BCUT2D eigenvalue weighted by molar-refractivity contribution is -0.385. The molecule has 1 aliphatic rings. The highest BCUT2D eigenvalue weighted by molar-refractivity contribution is 5.92. The monoisotopic (exact) mass is 307 g/mol. The molecule has 7 nitrogen and oxygen atoms in total. The van der Waals surface area contributed by atoms with E-state index >= 15 is 0 Å². The van der Waals surface area contributed by atoms with Crippen LogP contribution in [0.2, 0.25) is 0 Å². The van der Waals surface area contributed by atoms with Crippen LogP contribution in [0.4, 0.5) is 16.2 Å². The topological polar surface area (TPSA) is 95.7 Å². The van der Waals surface area contributed by atoms with Crippen molar-refractivity contribution in [2.45, 2.75) is 33.3 Å². The predicted octanol–water partition coefficient (Wildman–Crippen LogP) is 2.45. The number of carbonyl (C=O) groups is 1. The summed E-state index contributed by atoms with van der Waals surface area (Å²) in [4.78, 5) is 24.6. The predicted molar refractivity (Wildman–Crippen MR) is 82.9 cm³/mol. The van der Waals surface area contributed by atoms with Crippen molar-refractivity contribution >= 4 is 17.4 Å². The first-order chi connectivity index (χ1) is 10.3. The number of aryl methyl sites for hydroxylation is 1. The molecule has 0 aromatic heterocycles. The summed E-state index contributed by atoms with van der Waals surface area (Å²) >= 11 is 0. The van der Waals surface area contributed by atoms with Crippen LogP contribution >= 0.6 is 0 Å². The fourth-order valence-corrected chi connectivity index (χ4v) is 2.73. The molecule has 22 heavy (non-hydrogen) atoms. The number of rotatable bonds is 2. The Hall–Kier alpha value is -2.15. The van der Waals surface area contributed by atoms with Gasteiger partial charge in [-0.2, -0.15) is 0 Å². The Balaban J connectivity index is 2.18. The van der Waals surface area contributed by atoms with E-state index in [9.17, 15) is 20.0 Å². The molecule has 2 N–H and O–H groups in total. The second-order valence-corrected chi connectivity index (χ2v) is 5.87. The highest BCUT2D eigenvalue weighted by Gasteiger charge is 2.28. The van der Waals surface area contributed by atoms with Crippen molar-refractivity contribution in [1.82, 2.24) is 4.90 Å². The summed E-state index contributed by atoms with van der Waals surface area (Å²) in [6, 6.07) is 2.79. The minimum absolute atomic E-state index is 0.0108. The fourth-order valence-electron chi connectivity index (χ4n) is 2.73. The summed E-state index contributed by atoms with van der Waals surface area (Å²) in [5.41, 5.74) is 1.70. The number of urea groups is 1. The average Bonchev–Trinajstić information content (AvgIpc) is 2.45. The van der Waals surface area contributed by atoms with E-state index in [2.05, 4.69) is 5.32 Å². The molecule has 2 unspecified atom stereocenters. The maximum Gasteiger partial charge on any atom is 0.321 e. The summed E-state index contributed by atoms with van der Waals surface area (Å²) in [5.74, 6) is 0.0202. The zero-order valence-corrected chi connectivity index (χ0v) is 13.0. The third-order valence-corrected chi connectivity index (χ3v) is 4.22. The average molecular weight is 307 g/mol.